The summed E-state index contributed by atoms with van der Waals surface area (Å²) >= 11 is 0. The molecule has 1 heterocycles. The lowest BCUT2D eigenvalue weighted by molar-refractivity contribution is -0.140. The molecule has 0 aromatic heterocycles. The van der Waals surface area contributed by atoms with E-state index in [2.05, 4.69) is 0 Å². The first kappa shape index (κ1) is 8.53. The van der Waals surface area contributed by atoms with Crippen LogP contribution in [0.1, 0.15) is 20.8 Å². The summed E-state index contributed by atoms with van der Waals surface area (Å²) in [6.07, 6.45) is 0.190. The molecular weight excluding hydrogens is 142 g/mol. The van der Waals surface area contributed by atoms with Crippen molar-refractivity contribution in [2.75, 3.05) is 13.2 Å². The molecule has 1 amide bonds. The number of hydrogen-bond donors (Lipinski definition) is 0. The van der Waals surface area contributed by atoms with E-state index < -0.39 is 0 Å². The zero-order chi connectivity index (χ0) is 8.43. The number of ether oxygens (including phenoxy) is 1. The van der Waals surface area contributed by atoms with Crippen LogP contribution in [0.2, 0.25) is 0 Å². The lowest BCUT2D eigenvalue weighted by Gasteiger charge is -2.36. The molecule has 0 spiro atoms. The molecule has 0 saturated carbocycles. The van der Waals surface area contributed by atoms with Crippen molar-refractivity contribution in [2.24, 2.45) is 0 Å². The smallest absolute Gasteiger partial charge is 0.219 e. The van der Waals surface area contributed by atoms with Crippen LogP contribution in [0.15, 0.2) is 0 Å². The number of nitrogens with zero attached hydrogens (tertiary/aromatic N) is 1. The van der Waals surface area contributed by atoms with E-state index in [9.17, 15) is 4.79 Å². The second-order valence-corrected chi connectivity index (χ2v) is 3.16. The van der Waals surface area contributed by atoms with Crippen LogP contribution in [0.5, 0.6) is 0 Å². The molecule has 1 saturated heterocycles. The van der Waals surface area contributed by atoms with Gasteiger partial charge >= 0.3 is 0 Å². The van der Waals surface area contributed by atoms with Crippen molar-refractivity contribution in [1.29, 1.82) is 0 Å². The normalized spacial score (nSPS) is 32.1. The average molecular weight is 157 g/mol. The van der Waals surface area contributed by atoms with Crippen LogP contribution < -0.4 is 0 Å². The average Bonchev–Trinajstić information content (AvgIpc) is 1.94. The maximum atomic E-state index is 11.0. The second kappa shape index (κ2) is 3.22. The number of hydrogen-bond acceptors (Lipinski definition) is 2. The van der Waals surface area contributed by atoms with Gasteiger partial charge in [0.1, 0.15) is 0 Å². The monoisotopic (exact) mass is 157 g/mol. The summed E-state index contributed by atoms with van der Waals surface area (Å²) in [5.41, 5.74) is 0. The third kappa shape index (κ3) is 1.93. The van der Waals surface area contributed by atoms with Gasteiger partial charge in [-0.25, -0.2) is 0 Å². The van der Waals surface area contributed by atoms with Gasteiger partial charge in [-0.15, -0.1) is 0 Å². The predicted octanol–water partition coefficient (Wildman–Crippen LogP) is 0.642. The predicted molar refractivity (Wildman–Crippen MR) is 42.3 cm³/mol. The van der Waals surface area contributed by atoms with Gasteiger partial charge in [-0.2, -0.15) is 0 Å². The molecule has 2 unspecified atom stereocenters. The zero-order valence-corrected chi connectivity index (χ0v) is 7.33. The summed E-state index contributed by atoms with van der Waals surface area (Å²) in [6, 6.07) is 0.240. The Morgan fingerprint density at radius 2 is 2.18 bits per heavy atom. The molecule has 2 atom stereocenters. The van der Waals surface area contributed by atoms with Crippen molar-refractivity contribution < 1.29 is 9.53 Å². The van der Waals surface area contributed by atoms with E-state index in [0.717, 1.165) is 6.54 Å². The van der Waals surface area contributed by atoms with Crippen LogP contribution >= 0.6 is 0 Å². The van der Waals surface area contributed by atoms with E-state index in [4.69, 9.17) is 4.74 Å². The van der Waals surface area contributed by atoms with Crippen molar-refractivity contribution in [3.63, 3.8) is 0 Å². The lowest BCUT2D eigenvalue weighted by atomic mass is 10.2. The Morgan fingerprint density at radius 1 is 1.55 bits per heavy atom. The van der Waals surface area contributed by atoms with Crippen molar-refractivity contribution in [3.05, 3.63) is 0 Å². The third-order valence-electron chi connectivity index (χ3n) is 2.01. The lowest BCUT2D eigenvalue weighted by Crippen LogP contribution is -2.49. The topological polar surface area (TPSA) is 29.5 Å². The maximum absolute atomic E-state index is 11.0. The molecule has 11 heavy (non-hydrogen) atoms. The molecule has 1 fully saturated rings. The highest BCUT2D eigenvalue weighted by Gasteiger charge is 2.24. The Labute approximate surface area is 67.3 Å². The highest BCUT2D eigenvalue weighted by molar-refractivity contribution is 5.73. The molecule has 1 aliphatic rings. The molecular formula is C8H15NO2. The minimum absolute atomic E-state index is 0.146. The minimum Gasteiger partial charge on any atom is -0.375 e. The molecule has 3 heteroatoms. The summed E-state index contributed by atoms with van der Waals surface area (Å²) in [5, 5.41) is 0. The fourth-order valence-electron chi connectivity index (χ4n) is 1.34. The van der Waals surface area contributed by atoms with Gasteiger partial charge in [0.15, 0.2) is 0 Å². The van der Waals surface area contributed by atoms with Gasteiger partial charge in [0.05, 0.1) is 18.8 Å². The Kier molecular flexibility index (Phi) is 2.49. The molecule has 0 radical (unpaired) electrons. The molecule has 1 aliphatic heterocycles. The molecule has 64 valence electrons. The van der Waals surface area contributed by atoms with Gasteiger partial charge in [-0.3, -0.25) is 4.79 Å². The fraction of sp³-hybridized carbons (Fsp3) is 0.875. The molecule has 0 aliphatic carbocycles. The van der Waals surface area contributed by atoms with Crippen LogP contribution in [0, 0.1) is 0 Å². The first-order valence-electron chi connectivity index (χ1n) is 4.00. The van der Waals surface area contributed by atoms with E-state index in [1.54, 1.807) is 6.92 Å². The highest BCUT2D eigenvalue weighted by atomic mass is 16.5. The van der Waals surface area contributed by atoms with Crippen molar-refractivity contribution in [3.8, 4) is 0 Å². The van der Waals surface area contributed by atoms with Crippen molar-refractivity contribution in [2.45, 2.75) is 32.9 Å². The zero-order valence-electron chi connectivity index (χ0n) is 7.33. The first-order chi connectivity index (χ1) is 5.11. The Morgan fingerprint density at radius 3 is 2.64 bits per heavy atom. The van der Waals surface area contributed by atoms with Gasteiger partial charge in [-0.1, -0.05) is 0 Å². The molecule has 0 N–H and O–H groups in total. The molecule has 0 aromatic carbocycles. The van der Waals surface area contributed by atoms with Crippen LogP contribution in [0.3, 0.4) is 0 Å². The van der Waals surface area contributed by atoms with Gasteiger partial charge < -0.3 is 9.64 Å². The van der Waals surface area contributed by atoms with Gasteiger partial charge in [0.2, 0.25) is 5.91 Å². The van der Waals surface area contributed by atoms with Crippen LogP contribution in [-0.2, 0) is 9.53 Å². The number of amides is 1. The van der Waals surface area contributed by atoms with E-state index in [1.807, 2.05) is 18.7 Å². The number of morpholine rings is 1. The number of carbonyl (C=O) groups excluding carboxylic acids is 1. The highest BCUT2D eigenvalue weighted by Crippen LogP contribution is 2.10. The van der Waals surface area contributed by atoms with E-state index in [1.165, 1.54) is 0 Å². The quantitative estimate of drug-likeness (QED) is 0.516. The summed E-state index contributed by atoms with van der Waals surface area (Å²) in [4.78, 5) is 12.9. The fourth-order valence-corrected chi connectivity index (χ4v) is 1.34. The van der Waals surface area contributed by atoms with Crippen LogP contribution in [0.25, 0.3) is 0 Å². The van der Waals surface area contributed by atoms with Gasteiger partial charge in [0, 0.05) is 13.5 Å². The standard InChI is InChI=1S/C8H15NO2/c1-6-5-11-7(2)4-9(6)8(3)10/h6-7H,4-5H2,1-3H3. The van der Waals surface area contributed by atoms with Gasteiger partial charge in [0.25, 0.3) is 0 Å². The molecule has 0 aromatic rings. The largest absolute Gasteiger partial charge is 0.375 e. The molecule has 3 nitrogen and oxygen atoms in total. The summed E-state index contributed by atoms with van der Waals surface area (Å²) in [6.45, 7) is 7.00. The van der Waals surface area contributed by atoms with Crippen LogP contribution in [-0.4, -0.2) is 36.1 Å². The molecule has 0 bridgehead atoms. The molecule has 1 rings (SSSR count). The van der Waals surface area contributed by atoms with Crippen molar-refractivity contribution >= 4 is 5.91 Å². The number of carbonyl (C=O) groups is 1. The summed E-state index contributed by atoms with van der Waals surface area (Å²) in [7, 11) is 0. The maximum Gasteiger partial charge on any atom is 0.219 e. The van der Waals surface area contributed by atoms with E-state index in [0.29, 0.717) is 6.61 Å². The first-order valence-corrected chi connectivity index (χ1v) is 4.00. The van der Waals surface area contributed by atoms with E-state index >= 15 is 0 Å². The summed E-state index contributed by atoms with van der Waals surface area (Å²) < 4.78 is 5.38. The Hall–Kier alpha value is -0.570. The second-order valence-electron chi connectivity index (χ2n) is 3.16. The number of rotatable bonds is 0. The summed E-state index contributed by atoms with van der Waals surface area (Å²) in [5.74, 6) is 0.146. The van der Waals surface area contributed by atoms with E-state index in [-0.39, 0.29) is 18.1 Å². The van der Waals surface area contributed by atoms with Gasteiger partial charge in [-0.05, 0) is 13.8 Å². The van der Waals surface area contributed by atoms with Crippen LogP contribution in [0.4, 0.5) is 0 Å². The Bertz CT molecular complexity index is 158. The minimum atomic E-state index is 0.146. The third-order valence-corrected chi connectivity index (χ3v) is 2.01. The van der Waals surface area contributed by atoms with Crippen molar-refractivity contribution in [1.82, 2.24) is 4.90 Å². The SMILES string of the molecule is CC(=O)N1CC(C)OCC1C. The Balaban J connectivity index is 2.54.